The number of methoxy groups -OCH3 is 1. The van der Waals surface area contributed by atoms with E-state index in [9.17, 15) is 0 Å². The summed E-state index contributed by atoms with van der Waals surface area (Å²) in [6.07, 6.45) is 4.31. The van der Waals surface area contributed by atoms with Gasteiger partial charge in [-0.3, -0.25) is 0 Å². The van der Waals surface area contributed by atoms with Crippen LogP contribution in [0.4, 0.5) is 5.82 Å². The lowest BCUT2D eigenvalue weighted by Crippen LogP contribution is -2.00. The van der Waals surface area contributed by atoms with Crippen LogP contribution < -0.4 is 0 Å². The van der Waals surface area contributed by atoms with Crippen LogP contribution in [0.2, 0.25) is 0 Å². The molecule has 15 heavy (non-hydrogen) atoms. The van der Waals surface area contributed by atoms with Crippen molar-refractivity contribution < 1.29 is 4.74 Å². The predicted octanol–water partition coefficient (Wildman–Crippen LogP) is 2.15. The lowest BCUT2D eigenvalue weighted by atomic mass is 10.2. The Kier molecular flexibility index (Phi) is 4.35. The number of imidazole rings is 1. The molecule has 0 aliphatic carbocycles. The van der Waals surface area contributed by atoms with Gasteiger partial charge in [0, 0.05) is 6.42 Å². The monoisotopic (exact) mass is 206 g/mol. The van der Waals surface area contributed by atoms with Gasteiger partial charge in [-0.1, -0.05) is 13.3 Å². The van der Waals surface area contributed by atoms with Gasteiger partial charge in [0.15, 0.2) is 17.4 Å². The summed E-state index contributed by atoms with van der Waals surface area (Å²) in [5.74, 6) is 1.01. The summed E-state index contributed by atoms with van der Waals surface area (Å²) < 4.78 is 5.11. The highest BCUT2D eigenvalue weighted by Gasteiger charge is 2.05. The van der Waals surface area contributed by atoms with E-state index in [0.29, 0.717) is 17.4 Å². The van der Waals surface area contributed by atoms with E-state index in [0.717, 1.165) is 19.3 Å². The van der Waals surface area contributed by atoms with Crippen LogP contribution in [0.5, 0.6) is 0 Å². The third-order valence-electron chi connectivity index (χ3n) is 1.94. The van der Waals surface area contributed by atoms with Crippen molar-refractivity contribution in [1.29, 1.82) is 5.26 Å². The molecule has 0 aliphatic rings. The van der Waals surface area contributed by atoms with Crippen LogP contribution in [0.15, 0.2) is 11.3 Å². The summed E-state index contributed by atoms with van der Waals surface area (Å²) >= 11 is 0. The maximum atomic E-state index is 8.74. The molecule has 0 saturated carbocycles. The Morgan fingerprint density at radius 3 is 3.13 bits per heavy atom. The van der Waals surface area contributed by atoms with Gasteiger partial charge in [-0.15, -0.1) is 0 Å². The fourth-order valence-electron chi connectivity index (χ4n) is 1.10. The van der Waals surface area contributed by atoms with Crippen LogP contribution in [0, 0.1) is 11.3 Å². The number of rotatable bonds is 4. The Bertz CT molecular complexity index is 375. The van der Waals surface area contributed by atoms with Gasteiger partial charge in [-0.25, -0.2) is 4.98 Å². The quantitative estimate of drug-likeness (QED) is 0.605. The van der Waals surface area contributed by atoms with Gasteiger partial charge in [0.05, 0.1) is 13.4 Å². The average molecular weight is 206 g/mol. The van der Waals surface area contributed by atoms with Crippen molar-refractivity contribution >= 4 is 11.7 Å². The van der Waals surface area contributed by atoms with Crippen molar-refractivity contribution in [1.82, 2.24) is 9.97 Å². The highest BCUT2D eigenvalue weighted by atomic mass is 16.5. The zero-order valence-electron chi connectivity index (χ0n) is 8.95. The molecule has 0 saturated heterocycles. The van der Waals surface area contributed by atoms with Crippen molar-refractivity contribution in [3.8, 4) is 6.07 Å². The van der Waals surface area contributed by atoms with E-state index >= 15 is 0 Å². The second kappa shape index (κ2) is 5.81. The Hall–Kier alpha value is -1.83. The van der Waals surface area contributed by atoms with E-state index in [2.05, 4.69) is 21.9 Å². The first kappa shape index (κ1) is 11.2. The first-order chi connectivity index (χ1) is 7.31. The zero-order valence-corrected chi connectivity index (χ0v) is 8.95. The molecule has 0 aliphatic heterocycles. The molecular weight excluding hydrogens is 192 g/mol. The van der Waals surface area contributed by atoms with Gasteiger partial charge in [0.2, 0.25) is 0 Å². The van der Waals surface area contributed by atoms with E-state index in [1.807, 2.05) is 6.07 Å². The second-order valence-corrected chi connectivity index (χ2v) is 3.03. The lowest BCUT2D eigenvalue weighted by molar-refractivity contribution is 0.388. The van der Waals surface area contributed by atoms with Gasteiger partial charge < -0.3 is 9.72 Å². The van der Waals surface area contributed by atoms with E-state index in [1.54, 1.807) is 7.11 Å². The molecule has 1 N–H and O–H groups in total. The third kappa shape index (κ3) is 3.09. The van der Waals surface area contributed by atoms with Crippen LogP contribution in [0.1, 0.15) is 31.9 Å². The fraction of sp³-hybridized carbons (Fsp3) is 0.500. The maximum absolute atomic E-state index is 8.74. The molecule has 0 fully saturated rings. The minimum absolute atomic E-state index is 0.362. The summed E-state index contributed by atoms with van der Waals surface area (Å²) in [6.45, 7) is 2.10. The average Bonchev–Trinajstić information content (AvgIpc) is 2.71. The number of aromatic nitrogens is 2. The smallest absolute Gasteiger partial charge is 0.191 e. The maximum Gasteiger partial charge on any atom is 0.191 e. The number of hydrogen-bond donors (Lipinski definition) is 1. The van der Waals surface area contributed by atoms with Crippen LogP contribution in [-0.2, 0) is 4.74 Å². The Balaban J connectivity index is 2.79. The molecule has 0 amide bonds. The third-order valence-corrected chi connectivity index (χ3v) is 1.94. The summed E-state index contributed by atoms with van der Waals surface area (Å²) in [6, 6.07) is 1.98. The molecule has 1 heterocycles. The van der Waals surface area contributed by atoms with E-state index in [-0.39, 0.29) is 0 Å². The summed E-state index contributed by atoms with van der Waals surface area (Å²) in [5, 5.41) is 8.74. The molecule has 0 aromatic carbocycles. The SMILES string of the molecule is CCCC/C(=N/c1nc[nH]c1C#N)OC. The van der Waals surface area contributed by atoms with Gasteiger partial charge in [-0.05, 0) is 6.42 Å². The van der Waals surface area contributed by atoms with Crippen molar-refractivity contribution in [3.63, 3.8) is 0 Å². The molecule has 0 spiro atoms. The molecule has 0 unspecified atom stereocenters. The molecule has 0 radical (unpaired) electrons. The number of H-pyrrole nitrogens is 1. The molecule has 1 rings (SSSR count). The first-order valence-electron chi connectivity index (χ1n) is 4.86. The number of nitriles is 1. The molecule has 5 heteroatoms. The molecule has 0 atom stereocenters. The topological polar surface area (TPSA) is 74.1 Å². The normalized spacial score (nSPS) is 11.1. The number of nitrogens with one attached hydrogen (secondary N) is 1. The molecule has 5 nitrogen and oxygen atoms in total. The van der Waals surface area contributed by atoms with Crippen molar-refractivity contribution in [2.75, 3.05) is 7.11 Å². The Morgan fingerprint density at radius 1 is 1.73 bits per heavy atom. The van der Waals surface area contributed by atoms with Crippen molar-refractivity contribution in [2.45, 2.75) is 26.2 Å². The highest BCUT2D eigenvalue weighted by Crippen LogP contribution is 2.13. The standard InChI is InChI=1S/C10H14N4O/c1-3-4-5-9(15-2)14-10-8(6-11)12-7-13-10/h7H,3-5H2,1-2H3,(H,12,13)/b14-9-. The lowest BCUT2D eigenvalue weighted by Gasteiger charge is -2.02. The number of ether oxygens (including phenoxy) is 1. The van der Waals surface area contributed by atoms with Crippen molar-refractivity contribution in [2.24, 2.45) is 4.99 Å². The zero-order chi connectivity index (χ0) is 11.1. The number of nitrogens with zero attached hydrogens (tertiary/aromatic N) is 3. The van der Waals surface area contributed by atoms with E-state index < -0.39 is 0 Å². The first-order valence-corrected chi connectivity index (χ1v) is 4.86. The van der Waals surface area contributed by atoms with Gasteiger partial charge >= 0.3 is 0 Å². The molecule has 0 bridgehead atoms. The van der Waals surface area contributed by atoms with Crippen LogP contribution in [0.25, 0.3) is 0 Å². The predicted molar refractivity (Wildman–Crippen MR) is 56.9 cm³/mol. The van der Waals surface area contributed by atoms with Gasteiger partial charge in [-0.2, -0.15) is 10.3 Å². The van der Waals surface area contributed by atoms with E-state index in [1.165, 1.54) is 6.33 Å². The number of aromatic amines is 1. The minimum Gasteiger partial charge on any atom is -0.484 e. The fourth-order valence-corrected chi connectivity index (χ4v) is 1.10. The molecular formula is C10H14N4O. The second-order valence-electron chi connectivity index (χ2n) is 3.03. The van der Waals surface area contributed by atoms with Crippen LogP contribution in [-0.4, -0.2) is 23.0 Å². The van der Waals surface area contributed by atoms with Gasteiger partial charge in [0.25, 0.3) is 0 Å². The summed E-state index contributed by atoms with van der Waals surface area (Å²) in [5.41, 5.74) is 0.362. The largest absolute Gasteiger partial charge is 0.484 e. The number of aliphatic imine (C=N–C) groups is 1. The van der Waals surface area contributed by atoms with Gasteiger partial charge in [0.1, 0.15) is 6.07 Å². The van der Waals surface area contributed by atoms with Crippen molar-refractivity contribution in [3.05, 3.63) is 12.0 Å². The molecule has 80 valence electrons. The summed E-state index contributed by atoms with van der Waals surface area (Å²) in [7, 11) is 1.58. The number of hydrogen-bond acceptors (Lipinski definition) is 4. The van der Waals surface area contributed by atoms with Crippen LogP contribution in [0.3, 0.4) is 0 Å². The van der Waals surface area contributed by atoms with E-state index in [4.69, 9.17) is 10.00 Å². The summed E-state index contributed by atoms with van der Waals surface area (Å²) in [4.78, 5) is 10.8. The highest BCUT2D eigenvalue weighted by molar-refractivity contribution is 5.79. The molecule has 1 aromatic heterocycles. The Labute approximate surface area is 88.8 Å². The Morgan fingerprint density at radius 2 is 2.53 bits per heavy atom. The minimum atomic E-state index is 0.362. The number of unbranched alkanes of at least 4 members (excludes halogenated alkanes) is 1. The molecule has 1 aromatic rings. The van der Waals surface area contributed by atoms with Crippen LogP contribution >= 0.6 is 0 Å².